The Bertz CT molecular complexity index is 2850. The largest absolute Gasteiger partial charge is 0.310 e. The van der Waals surface area contributed by atoms with Crippen LogP contribution in [-0.2, 0) is 0 Å². The van der Waals surface area contributed by atoms with Crippen molar-refractivity contribution in [2.24, 2.45) is 0 Å². The van der Waals surface area contributed by atoms with Gasteiger partial charge in [0.15, 0.2) is 0 Å². The van der Waals surface area contributed by atoms with Gasteiger partial charge < -0.3 is 4.90 Å². The van der Waals surface area contributed by atoms with Crippen molar-refractivity contribution in [2.75, 3.05) is 4.90 Å². The van der Waals surface area contributed by atoms with Crippen LogP contribution in [0.2, 0.25) is 0 Å². The number of nitrogens with zero attached hydrogens (tertiary/aromatic N) is 2. The van der Waals surface area contributed by atoms with Crippen LogP contribution in [0.5, 0.6) is 0 Å². The Hall–Kier alpha value is -4.77. The van der Waals surface area contributed by atoms with Gasteiger partial charge >= 0.3 is 0 Å². The summed E-state index contributed by atoms with van der Waals surface area (Å²) in [5.41, 5.74) is 3.49. The van der Waals surface area contributed by atoms with Crippen LogP contribution < -0.4 is 4.90 Å². The monoisotopic (exact) mass is 570 g/mol. The highest BCUT2D eigenvalue weighted by molar-refractivity contribution is 7.25. The van der Waals surface area contributed by atoms with E-state index in [2.05, 4.69) is 24.3 Å². The molecule has 0 saturated carbocycles. The molecule has 0 saturated heterocycles. The molecular weight excluding hydrogens is 537 g/mol. The SMILES string of the molecule is [2H]c1c([2H])c([2H])c(N(c2ccc(-c3nc4c(s3)-c3cccc5cccc-4c35)cc2)c2c([2H])c([2H])c3c(sc4c([2H])c([2H])c([2H])c([2H])c43)c2[2H])c([2H])c1[2H]. The summed E-state index contributed by atoms with van der Waals surface area (Å²) in [5.74, 6) is 0. The van der Waals surface area contributed by atoms with Crippen LogP contribution >= 0.6 is 22.7 Å². The summed E-state index contributed by atoms with van der Waals surface area (Å²) in [4.78, 5) is 7.29. The Morgan fingerprint density at radius 3 is 2.22 bits per heavy atom. The molecule has 6 aromatic carbocycles. The van der Waals surface area contributed by atoms with Gasteiger partial charge in [-0.2, -0.15) is 0 Å². The Morgan fingerprint density at radius 1 is 0.610 bits per heavy atom. The molecule has 0 unspecified atom stereocenters. The Morgan fingerprint density at radius 2 is 1.37 bits per heavy atom. The van der Waals surface area contributed by atoms with E-state index in [-0.39, 0.29) is 49.3 Å². The first kappa shape index (κ1) is 14.2. The predicted molar refractivity (Wildman–Crippen MR) is 177 cm³/mol. The molecule has 0 amide bonds. The second-order valence-corrected chi connectivity index (χ2v) is 11.5. The fourth-order valence-corrected chi connectivity index (χ4v) is 7.50. The van der Waals surface area contributed by atoms with Crippen molar-refractivity contribution < 1.29 is 16.4 Å². The first-order valence-electron chi connectivity index (χ1n) is 18.7. The summed E-state index contributed by atoms with van der Waals surface area (Å²) < 4.78 is 104. The summed E-state index contributed by atoms with van der Waals surface area (Å²) in [6.07, 6.45) is 0. The molecule has 9 rings (SSSR count). The second-order valence-electron chi connectivity index (χ2n) is 9.50. The van der Waals surface area contributed by atoms with Gasteiger partial charge in [0.05, 0.1) is 27.0 Å². The molecule has 0 atom stereocenters. The van der Waals surface area contributed by atoms with E-state index in [9.17, 15) is 2.74 Å². The fourth-order valence-electron chi connectivity index (χ4n) is 5.41. The van der Waals surface area contributed by atoms with E-state index in [1.165, 1.54) is 10.3 Å². The summed E-state index contributed by atoms with van der Waals surface area (Å²) in [7, 11) is 0. The number of hydrogen-bond acceptors (Lipinski definition) is 4. The molecule has 0 fully saturated rings. The number of para-hydroxylation sites is 1. The molecule has 2 heterocycles. The lowest BCUT2D eigenvalue weighted by Gasteiger charge is -2.25. The molecule has 192 valence electrons. The lowest BCUT2D eigenvalue weighted by atomic mass is 10.0. The van der Waals surface area contributed by atoms with Crippen molar-refractivity contribution in [1.82, 2.24) is 4.98 Å². The number of hydrogen-bond donors (Lipinski definition) is 0. The Labute approximate surface area is 262 Å². The molecule has 0 bridgehead atoms. The number of thiazole rings is 1. The van der Waals surface area contributed by atoms with Crippen molar-refractivity contribution in [2.45, 2.75) is 0 Å². The molecule has 0 spiro atoms. The average Bonchev–Trinajstić information content (AvgIpc) is 3.87. The van der Waals surface area contributed by atoms with E-state index in [1.54, 1.807) is 35.6 Å². The molecule has 0 radical (unpaired) electrons. The lowest BCUT2D eigenvalue weighted by molar-refractivity contribution is 1.29. The Balaban J connectivity index is 1.26. The Kier molecular flexibility index (Phi) is 3.08. The van der Waals surface area contributed by atoms with Crippen LogP contribution in [0.15, 0.2) is 133 Å². The van der Waals surface area contributed by atoms with Gasteiger partial charge in [-0.05, 0) is 65.3 Å². The van der Waals surface area contributed by atoms with E-state index >= 15 is 0 Å². The zero-order chi connectivity index (χ0) is 37.4. The fraction of sp³-hybridized carbons (Fsp3) is 0. The number of fused-ring (bicyclic) bond motifs is 6. The smallest absolute Gasteiger partial charge is 0.124 e. The first-order valence-corrected chi connectivity index (χ1v) is 14.4. The van der Waals surface area contributed by atoms with Gasteiger partial charge in [-0.15, -0.1) is 22.7 Å². The van der Waals surface area contributed by atoms with Crippen molar-refractivity contribution in [3.63, 3.8) is 0 Å². The lowest BCUT2D eigenvalue weighted by Crippen LogP contribution is -2.09. The summed E-state index contributed by atoms with van der Waals surface area (Å²) in [6, 6.07) is 13.2. The number of aromatic nitrogens is 1. The van der Waals surface area contributed by atoms with Crippen LogP contribution in [0.1, 0.15) is 16.4 Å². The molecule has 2 aromatic heterocycles. The summed E-state index contributed by atoms with van der Waals surface area (Å²) >= 11 is 2.43. The van der Waals surface area contributed by atoms with Gasteiger partial charge in [-0.1, -0.05) is 78.7 Å². The zero-order valence-electron chi connectivity index (χ0n) is 33.0. The minimum atomic E-state index is -0.619. The maximum Gasteiger partial charge on any atom is 0.124 e. The maximum absolute atomic E-state index is 9.40. The van der Waals surface area contributed by atoms with Crippen LogP contribution in [0.4, 0.5) is 17.1 Å². The minimum Gasteiger partial charge on any atom is -0.310 e. The molecule has 1 aliphatic carbocycles. The third kappa shape index (κ3) is 3.51. The van der Waals surface area contributed by atoms with Crippen LogP contribution in [0.3, 0.4) is 0 Å². The molecule has 0 aliphatic heterocycles. The van der Waals surface area contributed by atoms with Crippen molar-refractivity contribution in [3.8, 4) is 32.3 Å². The van der Waals surface area contributed by atoms with E-state index in [4.69, 9.17) is 18.7 Å². The van der Waals surface area contributed by atoms with Gasteiger partial charge in [0.25, 0.3) is 0 Å². The molecule has 2 nitrogen and oxygen atoms in total. The number of rotatable bonds is 4. The van der Waals surface area contributed by atoms with Crippen molar-refractivity contribution in [3.05, 3.63) is 133 Å². The highest BCUT2D eigenvalue weighted by Gasteiger charge is 2.26. The van der Waals surface area contributed by atoms with Crippen LogP contribution in [-0.4, -0.2) is 4.98 Å². The number of benzene rings is 6. The number of thiophene rings is 1. The molecular formula is C37H22N2S2. The van der Waals surface area contributed by atoms with E-state index in [0.717, 1.165) is 49.0 Å². The molecule has 0 N–H and O–H groups in total. The van der Waals surface area contributed by atoms with E-state index < -0.39 is 60.4 Å². The molecule has 8 aromatic rings. The summed E-state index contributed by atoms with van der Waals surface area (Å²) in [6.45, 7) is 0. The quantitative estimate of drug-likeness (QED) is 0.209. The highest BCUT2D eigenvalue weighted by Crippen LogP contribution is 2.51. The average molecular weight is 571 g/mol. The third-order valence-electron chi connectivity index (χ3n) is 7.21. The van der Waals surface area contributed by atoms with Crippen LogP contribution in [0, 0.1) is 0 Å². The van der Waals surface area contributed by atoms with E-state index in [0.29, 0.717) is 0 Å². The maximum atomic E-state index is 9.40. The molecule has 4 heteroatoms. The van der Waals surface area contributed by atoms with Crippen molar-refractivity contribution in [1.29, 1.82) is 0 Å². The zero-order valence-corrected chi connectivity index (χ0v) is 22.6. The van der Waals surface area contributed by atoms with Gasteiger partial charge in [0, 0.05) is 53.9 Å². The van der Waals surface area contributed by atoms with Gasteiger partial charge in [-0.3, -0.25) is 0 Å². The van der Waals surface area contributed by atoms with Gasteiger partial charge in [0.1, 0.15) is 5.01 Å². The van der Waals surface area contributed by atoms with Gasteiger partial charge in [-0.25, -0.2) is 4.98 Å². The summed E-state index contributed by atoms with van der Waals surface area (Å²) in [5, 5.41) is 3.09. The standard InChI is InChI=1S/C37H22N2S2/c1-2-10-25(11-3-1)39(27-20-21-29-28-12-4-5-15-32(28)40-33(29)22-27)26-18-16-24(17-19-26)37-38-35-30-13-6-8-23-9-7-14-31(34(23)30)36(35)41-37/h1-22H/i1D,2D,3D,4D,5D,10D,11D,12D,15D,20D,21D,22D. The topological polar surface area (TPSA) is 16.1 Å². The third-order valence-corrected chi connectivity index (χ3v) is 9.37. The second kappa shape index (κ2) is 8.87. The van der Waals surface area contributed by atoms with Crippen molar-refractivity contribution >= 4 is 70.7 Å². The predicted octanol–water partition coefficient (Wildman–Crippen LogP) is 11.4. The van der Waals surface area contributed by atoms with Crippen LogP contribution in [0.25, 0.3) is 63.2 Å². The normalized spacial score (nSPS) is 16.0. The molecule has 1 aliphatic rings. The minimum absolute atomic E-state index is 0.0150. The first-order chi connectivity index (χ1) is 25.3. The molecule has 41 heavy (non-hydrogen) atoms. The van der Waals surface area contributed by atoms with Gasteiger partial charge in [0.2, 0.25) is 0 Å². The van der Waals surface area contributed by atoms with E-state index in [1.807, 2.05) is 12.1 Å². The highest BCUT2D eigenvalue weighted by atomic mass is 32.1. The number of anilines is 3.